The predicted molar refractivity (Wildman–Crippen MR) is 23.8 cm³/mol. The van der Waals surface area contributed by atoms with E-state index in [2.05, 4.69) is 23.2 Å². The highest BCUT2D eigenvalue weighted by Gasteiger charge is 2.49. The average molecular weight is 167 g/mol. The van der Waals surface area contributed by atoms with Crippen molar-refractivity contribution in [2.45, 2.75) is 10.6 Å². The van der Waals surface area contributed by atoms with Gasteiger partial charge in [-0.2, -0.15) is 8.78 Å². The number of halogens is 4. The van der Waals surface area contributed by atoms with Crippen LogP contribution in [0.4, 0.5) is 8.78 Å². The van der Waals surface area contributed by atoms with Crippen LogP contribution in [-0.4, -0.2) is 20.8 Å². The van der Waals surface area contributed by atoms with Crippen molar-refractivity contribution in [1.82, 2.24) is 0 Å². The Morgan fingerprint density at radius 3 is 1.25 bits per heavy atom. The fraction of sp³-hybridized carbons (Fsp3) is 1.00. The molecule has 0 spiro atoms. The molecule has 0 fully saturated rings. The molecule has 2 N–H and O–H groups in total. The molecule has 0 heterocycles. The largest absolute Gasteiger partial charge is 0.389 e. The maximum Gasteiger partial charge on any atom is 0.389 e. The van der Waals surface area contributed by atoms with Crippen LogP contribution in [0.3, 0.4) is 0 Å². The predicted octanol–water partition coefficient (Wildman–Crippen LogP) is 0.695. The van der Waals surface area contributed by atoms with Gasteiger partial charge in [0.15, 0.2) is 0 Å². The summed E-state index contributed by atoms with van der Waals surface area (Å²) in [6, 6.07) is 0. The van der Waals surface area contributed by atoms with Gasteiger partial charge in [0.05, 0.1) is 0 Å². The van der Waals surface area contributed by atoms with Crippen LogP contribution in [0, 0.1) is 0 Å². The van der Waals surface area contributed by atoms with Gasteiger partial charge in [-0.15, -0.1) is 0 Å². The Balaban J connectivity index is 4.02. The van der Waals surface area contributed by atoms with Crippen molar-refractivity contribution in [2.24, 2.45) is 0 Å². The summed E-state index contributed by atoms with van der Waals surface area (Å²) in [6.07, 6.45) is 0. The molecule has 0 saturated heterocycles. The molecule has 2 nitrogen and oxygen atoms in total. The number of hydrogen-bond donors (Lipinski definition) is 2. The Morgan fingerprint density at radius 1 is 1.12 bits per heavy atom. The van der Waals surface area contributed by atoms with E-state index in [0.717, 1.165) is 0 Å². The molecule has 8 heavy (non-hydrogen) atoms. The van der Waals surface area contributed by atoms with Gasteiger partial charge in [-0.05, 0) is 23.2 Å². The van der Waals surface area contributed by atoms with Gasteiger partial charge in [-0.3, -0.25) is 0 Å². The van der Waals surface area contributed by atoms with Crippen LogP contribution in [-0.2, 0) is 0 Å². The molecule has 0 aliphatic heterocycles. The van der Waals surface area contributed by atoms with Crippen LogP contribution in [0.1, 0.15) is 0 Å². The summed E-state index contributed by atoms with van der Waals surface area (Å²) < 4.78 is 22.7. The van der Waals surface area contributed by atoms with Crippen molar-refractivity contribution in [3.63, 3.8) is 0 Å². The first-order chi connectivity index (χ1) is 3.25. The molecule has 0 atom stereocenters. The molecule has 6 heteroatoms. The molecule has 0 rings (SSSR count). The third-order valence-electron chi connectivity index (χ3n) is 0.361. The topological polar surface area (TPSA) is 40.5 Å². The Kier molecular flexibility index (Phi) is 2.04. The quantitative estimate of drug-likeness (QED) is 0.445. The minimum absolute atomic E-state index is 3.66. The van der Waals surface area contributed by atoms with Crippen molar-refractivity contribution in [2.75, 3.05) is 0 Å². The zero-order chi connectivity index (χ0) is 7.00. The molecule has 0 amide bonds. The van der Waals surface area contributed by atoms with E-state index in [-0.39, 0.29) is 0 Å². The van der Waals surface area contributed by atoms with Crippen molar-refractivity contribution < 1.29 is 19.0 Å². The third-order valence-corrected chi connectivity index (χ3v) is 0.958. The molecule has 0 unspecified atom stereocenters. The molecule has 0 aromatic rings. The Labute approximate surface area is 53.6 Å². The van der Waals surface area contributed by atoms with Crippen molar-refractivity contribution in [3.8, 4) is 0 Å². The number of aliphatic hydroxyl groups is 2. The average Bonchev–Trinajstić information content (AvgIpc) is 1.25. The summed E-state index contributed by atoms with van der Waals surface area (Å²) in [5, 5.41) is 7.71. The van der Waals surface area contributed by atoms with Gasteiger partial charge in [0.2, 0.25) is 0 Å². The van der Waals surface area contributed by atoms with E-state index in [0.29, 0.717) is 0 Å². The summed E-state index contributed by atoms with van der Waals surface area (Å²) in [5.41, 5.74) is 0. The minimum Gasteiger partial charge on any atom is -0.348 e. The molecular formula is C2H2Cl2F2O2. The first kappa shape index (κ1) is 8.36. The normalized spacial score (nSPS) is 14.2. The lowest BCUT2D eigenvalue weighted by Gasteiger charge is -2.17. The van der Waals surface area contributed by atoms with Crippen LogP contribution in [0.15, 0.2) is 0 Å². The molecule has 0 aliphatic carbocycles. The van der Waals surface area contributed by atoms with Gasteiger partial charge < -0.3 is 10.2 Å². The van der Waals surface area contributed by atoms with E-state index < -0.39 is 10.6 Å². The van der Waals surface area contributed by atoms with Gasteiger partial charge in [0.1, 0.15) is 0 Å². The molecule has 0 bridgehead atoms. The van der Waals surface area contributed by atoms with Crippen molar-refractivity contribution in [1.29, 1.82) is 0 Å². The Morgan fingerprint density at radius 2 is 1.25 bits per heavy atom. The molecule has 0 aromatic carbocycles. The summed E-state index contributed by atoms with van der Waals surface area (Å²) in [4.78, 5) is 0. The second kappa shape index (κ2) is 1.95. The van der Waals surface area contributed by atoms with Crippen LogP contribution in [0.2, 0.25) is 0 Å². The summed E-state index contributed by atoms with van der Waals surface area (Å²) in [5.74, 6) is 0. The van der Waals surface area contributed by atoms with Gasteiger partial charge in [0, 0.05) is 0 Å². The molecule has 0 aliphatic rings. The fourth-order valence-corrected chi connectivity index (χ4v) is 0. The third kappa shape index (κ3) is 2.09. The van der Waals surface area contributed by atoms with Crippen LogP contribution < -0.4 is 0 Å². The van der Waals surface area contributed by atoms with E-state index in [9.17, 15) is 8.78 Å². The van der Waals surface area contributed by atoms with E-state index in [4.69, 9.17) is 10.2 Å². The second-order valence-corrected chi connectivity index (χ2v) is 2.09. The van der Waals surface area contributed by atoms with Gasteiger partial charge in [-0.1, -0.05) is 0 Å². The van der Waals surface area contributed by atoms with E-state index in [1.807, 2.05) is 0 Å². The lowest BCUT2D eigenvalue weighted by atomic mass is 10.7. The van der Waals surface area contributed by atoms with Crippen molar-refractivity contribution >= 4 is 23.2 Å². The zero-order valence-electron chi connectivity index (χ0n) is 3.41. The lowest BCUT2D eigenvalue weighted by molar-refractivity contribution is -0.198. The van der Waals surface area contributed by atoms with E-state index >= 15 is 0 Å². The fourth-order valence-electron chi connectivity index (χ4n) is 0. The zero-order valence-corrected chi connectivity index (χ0v) is 4.92. The van der Waals surface area contributed by atoms with Gasteiger partial charge >= 0.3 is 10.6 Å². The summed E-state index contributed by atoms with van der Waals surface area (Å²) in [7, 11) is 0. The lowest BCUT2D eigenvalue weighted by Crippen LogP contribution is -2.37. The van der Waals surface area contributed by atoms with E-state index in [1.165, 1.54) is 0 Å². The molecule has 0 radical (unpaired) electrons. The highest BCUT2D eigenvalue weighted by Crippen LogP contribution is 2.33. The number of rotatable bonds is 1. The van der Waals surface area contributed by atoms with Crippen LogP contribution >= 0.6 is 23.2 Å². The monoisotopic (exact) mass is 166 g/mol. The first-order valence-electron chi connectivity index (χ1n) is 1.45. The first-order valence-corrected chi connectivity index (χ1v) is 2.21. The maximum atomic E-state index is 11.4. The highest BCUT2D eigenvalue weighted by molar-refractivity contribution is 6.31. The maximum absolute atomic E-state index is 11.4. The minimum atomic E-state index is -4.21. The SMILES string of the molecule is OC(O)(Cl)C(F)(F)Cl. The Hall–Kier alpha value is 0.360. The molecule has 0 aromatic heterocycles. The molecule has 50 valence electrons. The summed E-state index contributed by atoms with van der Waals surface area (Å²) in [6.45, 7) is 0. The standard InChI is InChI=1S/C2H2Cl2F2O2/c3-1(5,6)2(4,7)8/h7-8H. The molecule has 0 saturated carbocycles. The highest BCUT2D eigenvalue weighted by atomic mass is 35.5. The van der Waals surface area contributed by atoms with Gasteiger partial charge in [-0.25, -0.2) is 0 Å². The second-order valence-electron chi connectivity index (χ2n) is 1.08. The number of alkyl halides is 4. The van der Waals surface area contributed by atoms with Gasteiger partial charge in [0.25, 0.3) is 0 Å². The number of hydrogen-bond acceptors (Lipinski definition) is 2. The van der Waals surface area contributed by atoms with Crippen molar-refractivity contribution in [3.05, 3.63) is 0 Å². The molecular weight excluding hydrogens is 165 g/mol. The van der Waals surface area contributed by atoms with Crippen LogP contribution in [0.25, 0.3) is 0 Å². The Bertz CT molecular complexity index is 71.0. The smallest absolute Gasteiger partial charge is 0.348 e. The van der Waals surface area contributed by atoms with E-state index in [1.54, 1.807) is 0 Å². The van der Waals surface area contributed by atoms with Crippen LogP contribution in [0.5, 0.6) is 0 Å². The summed E-state index contributed by atoms with van der Waals surface area (Å²) >= 11 is 8.28.